The average Bonchev–Trinajstić information content (AvgIpc) is 3.18. The van der Waals surface area contributed by atoms with Crippen LogP contribution >= 0.6 is 0 Å². The Morgan fingerprint density at radius 1 is 1.12 bits per heavy atom. The first-order valence-corrected chi connectivity index (χ1v) is 12.4. The van der Waals surface area contributed by atoms with Gasteiger partial charge in [0.25, 0.3) is 0 Å². The SMILES string of the molecule is CCC(=O)N1CCc2cc(S(=O)(=O)NC(C(=O)Nc3cccc(C)c3C)C(C)C)ccc21. The minimum Gasteiger partial charge on any atom is -0.324 e. The molecule has 0 saturated carbocycles. The van der Waals surface area contributed by atoms with Crippen LogP contribution in [0.5, 0.6) is 0 Å². The van der Waals surface area contributed by atoms with Gasteiger partial charge in [-0.05, 0) is 67.1 Å². The minimum absolute atomic E-state index is 0.0143. The molecule has 2 aromatic carbocycles. The molecule has 1 aliphatic rings. The molecular weight excluding hydrogens is 426 g/mol. The van der Waals surface area contributed by atoms with E-state index in [1.165, 1.54) is 6.07 Å². The van der Waals surface area contributed by atoms with E-state index >= 15 is 0 Å². The average molecular weight is 458 g/mol. The van der Waals surface area contributed by atoms with Crippen LogP contribution in [-0.2, 0) is 26.0 Å². The molecule has 0 saturated heterocycles. The third-order valence-electron chi connectivity index (χ3n) is 5.95. The van der Waals surface area contributed by atoms with Crippen LogP contribution in [-0.4, -0.2) is 32.8 Å². The van der Waals surface area contributed by atoms with E-state index in [0.717, 1.165) is 22.4 Å². The molecular formula is C24H31N3O4S. The molecule has 172 valence electrons. The molecule has 1 aliphatic heterocycles. The van der Waals surface area contributed by atoms with Gasteiger partial charge in [-0.25, -0.2) is 8.42 Å². The summed E-state index contributed by atoms with van der Waals surface area (Å²) in [4.78, 5) is 26.9. The monoisotopic (exact) mass is 457 g/mol. The lowest BCUT2D eigenvalue weighted by Crippen LogP contribution is -2.47. The number of benzene rings is 2. The quantitative estimate of drug-likeness (QED) is 0.665. The Labute approximate surface area is 190 Å². The zero-order valence-corrected chi connectivity index (χ0v) is 20.0. The first kappa shape index (κ1) is 23.9. The molecule has 0 bridgehead atoms. The van der Waals surface area contributed by atoms with Crippen molar-refractivity contribution in [2.45, 2.75) is 58.4 Å². The lowest BCUT2D eigenvalue weighted by atomic mass is 10.0. The number of fused-ring (bicyclic) bond motifs is 1. The molecule has 0 spiro atoms. The number of carbonyl (C=O) groups excluding carboxylic acids is 2. The van der Waals surface area contributed by atoms with Crippen molar-refractivity contribution in [3.63, 3.8) is 0 Å². The summed E-state index contributed by atoms with van der Waals surface area (Å²) in [6, 6.07) is 9.43. The fraction of sp³-hybridized carbons (Fsp3) is 0.417. The number of rotatable bonds is 7. The van der Waals surface area contributed by atoms with Gasteiger partial charge in [0.15, 0.2) is 0 Å². The standard InChI is InChI=1S/C24H31N3O4S/c1-6-22(28)27-13-12-18-14-19(10-11-21(18)27)32(30,31)26-23(15(2)3)24(29)25-20-9-7-8-16(4)17(20)5/h7-11,14-15,23,26H,6,12-13H2,1-5H3,(H,25,29). The Hall–Kier alpha value is -2.71. The highest BCUT2D eigenvalue weighted by molar-refractivity contribution is 7.89. The van der Waals surface area contributed by atoms with Gasteiger partial charge in [0.1, 0.15) is 6.04 Å². The maximum Gasteiger partial charge on any atom is 0.242 e. The van der Waals surface area contributed by atoms with Gasteiger partial charge in [-0.1, -0.05) is 32.9 Å². The number of hydrogen-bond acceptors (Lipinski definition) is 4. The van der Waals surface area contributed by atoms with Gasteiger partial charge < -0.3 is 10.2 Å². The normalized spacial score (nSPS) is 14.4. The zero-order chi connectivity index (χ0) is 23.6. The number of nitrogens with one attached hydrogen (secondary N) is 2. The molecule has 1 heterocycles. The van der Waals surface area contributed by atoms with E-state index in [1.54, 1.807) is 43.9 Å². The summed E-state index contributed by atoms with van der Waals surface area (Å²) in [7, 11) is -3.94. The Kier molecular flexibility index (Phi) is 7.05. The first-order chi connectivity index (χ1) is 15.0. The van der Waals surface area contributed by atoms with Gasteiger partial charge >= 0.3 is 0 Å². The van der Waals surface area contributed by atoms with Gasteiger partial charge in [-0.2, -0.15) is 4.72 Å². The van der Waals surface area contributed by atoms with Crippen LogP contribution in [0.2, 0.25) is 0 Å². The van der Waals surface area contributed by atoms with Crippen molar-refractivity contribution < 1.29 is 18.0 Å². The molecule has 0 aromatic heterocycles. The van der Waals surface area contributed by atoms with E-state index in [2.05, 4.69) is 10.0 Å². The van der Waals surface area contributed by atoms with Crippen LogP contribution in [0.25, 0.3) is 0 Å². The molecule has 2 amide bonds. The molecule has 2 N–H and O–H groups in total. The van der Waals surface area contributed by atoms with E-state index < -0.39 is 22.0 Å². The number of nitrogens with zero attached hydrogens (tertiary/aromatic N) is 1. The molecule has 2 aromatic rings. The van der Waals surface area contributed by atoms with Gasteiger partial charge in [-0.15, -0.1) is 0 Å². The molecule has 3 rings (SSSR count). The van der Waals surface area contributed by atoms with Crippen LogP contribution in [0.3, 0.4) is 0 Å². The van der Waals surface area contributed by atoms with E-state index in [9.17, 15) is 18.0 Å². The van der Waals surface area contributed by atoms with Crippen LogP contribution < -0.4 is 14.9 Å². The second-order valence-electron chi connectivity index (χ2n) is 8.52. The highest BCUT2D eigenvalue weighted by atomic mass is 32.2. The number of amides is 2. The molecule has 32 heavy (non-hydrogen) atoms. The highest BCUT2D eigenvalue weighted by Gasteiger charge is 2.30. The van der Waals surface area contributed by atoms with Crippen LogP contribution in [0.15, 0.2) is 41.3 Å². The zero-order valence-electron chi connectivity index (χ0n) is 19.2. The lowest BCUT2D eigenvalue weighted by molar-refractivity contribution is -0.119. The number of carbonyl (C=O) groups is 2. The van der Waals surface area contributed by atoms with Gasteiger partial charge in [0, 0.05) is 24.3 Å². The Morgan fingerprint density at radius 2 is 1.84 bits per heavy atom. The van der Waals surface area contributed by atoms with Crippen molar-refractivity contribution in [2.75, 3.05) is 16.8 Å². The molecule has 8 heteroatoms. The van der Waals surface area contributed by atoms with Crippen molar-refractivity contribution in [3.05, 3.63) is 53.1 Å². The third-order valence-corrected chi connectivity index (χ3v) is 7.39. The molecule has 1 atom stereocenters. The summed E-state index contributed by atoms with van der Waals surface area (Å²) in [5.41, 5.74) is 4.21. The van der Waals surface area contributed by atoms with E-state index in [0.29, 0.717) is 25.1 Å². The van der Waals surface area contributed by atoms with Gasteiger partial charge in [-0.3, -0.25) is 9.59 Å². The number of hydrogen-bond donors (Lipinski definition) is 2. The maximum absolute atomic E-state index is 13.1. The molecule has 0 radical (unpaired) electrons. The summed E-state index contributed by atoms with van der Waals surface area (Å²) >= 11 is 0. The molecule has 1 unspecified atom stereocenters. The maximum atomic E-state index is 13.1. The van der Waals surface area contributed by atoms with Crippen LogP contribution in [0.1, 0.15) is 43.9 Å². The number of aryl methyl sites for hydroxylation is 1. The van der Waals surface area contributed by atoms with Gasteiger partial charge in [0.05, 0.1) is 4.90 Å². The van der Waals surface area contributed by atoms with Crippen molar-refractivity contribution in [3.8, 4) is 0 Å². The van der Waals surface area contributed by atoms with Crippen molar-refractivity contribution in [1.82, 2.24) is 4.72 Å². The van der Waals surface area contributed by atoms with E-state index in [4.69, 9.17) is 0 Å². The second-order valence-corrected chi connectivity index (χ2v) is 10.2. The number of sulfonamides is 1. The van der Waals surface area contributed by atoms with Gasteiger partial charge in [0.2, 0.25) is 21.8 Å². The second kappa shape index (κ2) is 9.42. The van der Waals surface area contributed by atoms with Crippen molar-refractivity contribution >= 4 is 33.2 Å². The largest absolute Gasteiger partial charge is 0.324 e. The van der Waals surface area contributed by atoms with Crippen LogP contribution in [0.4, 0.5) is 11.4 Å². The summed E-state index contributed by atoms with van der Waals surface area (Å²) in [5.74, 6) is -0.652. The summed E-state index contributed by atoms with van der Waals surface area (Å²) in [6.07, 6.45) is 0.998. The third kappa shape index (κ3) is 4.86. The van der Waals surface area contributed by atoms with Crippen molar-refractivity contribution in [2.24, 2.45) is 5.92 Å². The Bertz CT molecular complexity index is 1140. The Balaban J connectivity index is 1.82. The van der Waals surface area contributed by atoms with E-state index in [-0.39, 0.29) is 16.7 Å². The minimum atomic E-state index is -3.94. The fourth-order valence-electron chi connectivity index (χ4n) is 3.82. The van der Waals surface area contributed by atoms with Crippen molar-refractivity contribution in [1.29, 1.82) is 0 Å². The van der Waals surface area contributed by atoms with Crippen LogP contribution in [0, 0.1) is 19.8 Å². The summed E-state index contributed by atoms with van der Waals surface area (Å²) < 4.78 is 28.8. The molecule has 0 aliphatic carbocycles. The smallest absolute Gasteiger partial charge is 0.242 e. The highest BCUT2D eigenvalue weighted by Crippen LogP contribution is 2.31. The topological polar surface area (TPSA) is 95.6 Å². The molecule has 7 nitrogen and oxygen atoms in total. The predicted octanol–water partition coefficient (Wildman–Crippen LogP) is 3.54. The first-order valence-electron chi connectivity index (χ1n) is 10.9. The number of anilines is 2. The summed E-state index contributed by atoms with van der Waals surface area (Å²) in [5, 5.41) is 2.86. The Morgan fingerprint density at radius 3 is 2.50 bits per heavy atom. The van der Waals surface area contributed by atoms with E-state index in [1.807, 2.05) is 26.0 Å². The summed E-state index contributed by atoms with van der Waals surface area (Å²) in [6.45, 7) is 9.82. The predicted molar refractivity (Wildman–Crippen MR) is 126 cm³/mol. The molecule has 0 fully saturated rings. The fourth-order valence-corrected chi connectivity index (χ4v) is 5.21. The lowest BCUT2D eigenvalue weighted by Gasteiger charge is -2.23.